The first-order chi connectivity index (χ1) is 20.8. The largest absolute Gasteiger partial charge is 0.454 e. The highest BCUT2D eigenvalue weighted by atomic mass is 32.2. The van der Waals surface area contributed by atoms with Crippen LogP contribution in [0.1, 0.15) is 58.4 Å². The number of amides is 1. The van der Waals surface area contributed by atoms with Crippen molar-refractivity contribution < 1.29 is 32.7 Å². The molecule has 2 heterocycles. The lowest BCUT2D eigenvalue weighted by atomic mass is 9.72. The second kappa shape index (κ2) is 13.0. The first kappa shape index (κ1) is 32.1. The minimum atomic E-state index is -4.18. The number of rotatable bonds is 10. The summed E-state index contributed by atoms with van der Waals surface area (Å²) in [4.78, 5) is 25.9. The van der Waals surface area contributed by atoms with Gasteiger partial charge < -0.3 is 19.9 Å². The van der Waals surface area contributed by atoms with Crippen LogP contribution in [0, 0.1) is 22.0 Å². The molecule has 2 fully saturated rings. The number of hydrogen-bond donors (Lipinski definition) is 2. The van der Waals surface area contributed by atoms with E-state index in [9.17, 15) is 28.4 Å². The quantitative estimate of drug-likeness (QED) is 0.296. The van der Waals surface area contributed by atoms with Crippen LogP contribution in [0.15, 0.2) is 47.4 Å². The summed E-state index contributed by atoms with van der Waals surface area (Å²) in [5.41, 5.74) is -0.0141. The number of aliphatic hydroxyl groups is 1. The number of β-amino-alcohol motifs (C(OH)–C–C–N with tert-alkyl or cyclic N) is 1. The zero-order valence-corrected chi connectivity index (χ0v) is 26.3. The molecule has 240 valence electrons. The molecule has 0 radical (unpaired) electrons. The summed E-state index contributed by atoms with van der Waals surface area (Å²) in [5.74, 6) is 1.87. The standard InChI is InChI=1S/C31H42N4O8S/c1-31(2,3)32-30(37)27-15-22-6-4-5-7-23(22)17-33(27)18-25(36)19-34(16-21-8-13-28-29(14-21)43-20-42-28)44(40,41)26-11-9-24(10-12-26)35(38)39/h8-14,22-23,25,27,36H,4-7,15-20H2,1-3H3,(H,32,37)/t22-,23+,25+,27-/m0/s1. The van der Waals surface area contributed by atoms with Crippen LogP contribution < -0.4 is 14.8 Å². The van der Waals surface area contributed by atoms with Crippen molar-refractivity contribution in [3.63, 3.8) is 0 Å². The van der Waals surface area contributed by atoms with E-state index in [4.69, 9.17) is 9.47 Å². The van der Waals surface area contributed by atoms with Crippen molar-refractivity contribution in [2.24, 2.45) is 11.8 Å². The van der Waals surface area contributed by atoms with E-state index < -0.39 is 32.6 Å². The maximum absolute atomic E-state index is 13.9. The molecular formula is C31H42N4O8S. The van der Waals surface area contributed by atoms with Gasteiger partial charge in [0.2, 0.25) is 22.7 Å². The fourth-order valence-electron chi connectivity index (χ4n) is 6.57. The molecule has 2 N–H and O–H groups in total. The molecule has 3 aliphatic rings. The Morgan fingerprint density at radius 3 is 2.48 bits per heavy atom. The Labute approximate surface area is 258 Å². The molecule has 0 bridgehead atoms. The second-order valence-electron chi connectivity index (χ2n) is 13.1. The zero-order valence-electron chi connectivity index (χ0n) is 25.5. The molecule has 0 aromatic heterocycles. The third-order valence-corrected chi connectivity index (χ3v) is 10.5. The van der Waals surface area contributed by atoms with Crippen molar-refractivity contribution >= 4 is 21.6 Å². The molecule has 2 aromatic rings. The molecule has 2 aliphatic heterocycles. The number of carbonyl (C=O) groups is 1. The number of nitro benzene ring substituents is 1. The van der Waals surface area contributed by atoms with Crippen LogP contribution in [-0.4, -0.2) is 77.7 Å². The Balaban J connectivity index is 1.39. The molecule has 44 heavy (non-hydrogen) atoms. The van der Waals surface area contributed by atoms with Gasteiger partial charge in [-0.15, -0.1) is 0 Å². The van der Waals surface area contributed by atoms with Gasteiger partial charge in [0.25, 0.3) is 5.69 Å². The summed E-state index contributed by atoms with van der Waals surface area (Å²) in [6.07, 6.45) is 4.08. The normalized spacial score (nSPS) is 22.8. The zero-order chi connectivity index (χ0) is 31.6. The van der Waals surface area contributed by atoms with Gasteiger partial charge in [-0.3, -0.25) is 19.8 Å². The summed E-state index contributed by atoms with van der Waals surface area (Å²) in [7, 11) is -4.18. The number of carbonyl (C=O) groups excluding carboxylic acids is 1. The van der Waals surface area contributed by atoms with E-state index in [1.165, 1.54) is 16.4 Å². The van der Waals surface area contributed by atoms with Crippen LogP contribution in [0.3, 0.4) is 0 Å². The summed E-state index contributed by atoms with van der Waals surface area (Å²) in [6.45, 7) is 6.36. The van der Waals surface area contributed by atoms with E-state index in [-0.39, 0.29) is 42.9 Å². The number of non-ortho nitro benzene ring substituents is 1. The smallest absolute Gasteiger partial charge is 0.269 e. The topological polar surface area (TPSA) is 152 Å². The van der Waals surface area contributed by atoms with Gasteiger partial charge in [-0.05, 0) is 75.3 Å². The Hall–Kier alpha value is -3.26. The SMILES string of the molecule is CC(C)(C)NC(=O)[C@@H]1C[C@@H]2CCCC[C@@H]2CN1C[C@@H](O)CN(Cc1ccc2c(c1)OCO2)S(=O)(=O)c1ccc([N+](=O)[O-])cc1. The van der Waals surface area contributed by atoms with Crippen LogP contribution in [0.5, 0.6) is 11.5 Å². The van der Waals surface area contributed by atoms with Crippen LogP contribution >= 0.6 is 0 Å². The molecule has 1 saturated heterocycles. The number of ether oxygens (including phenoxy) is 2. The van der Waals surface area contributed by atoms with Crippen molar-refractivity contribution in [2.45, 2.75) is 82.0 Å². The Kier molecular flexibility index (Phi) is 9.49. The minimum Gasteiger partial charge on any atom is -0.454 e. The van der Waals surface area contributed by atoms with Crippen LogP contribution in [0.2, 0.25) is 0 Å². The van der Waals surface area contributed by atoms with Gasteiger partial charge in [0.1, 0.15) is 0 Å². The van der Waals surface area contributed by atoms with Crippen molar-refractivity contribution in [3.8, 4) is 11.5 Å². The van der Waals surface area contributed by atoms with Crippen LogP contribution in [0.4, 0.5) is 5.69 Å². The average molecular weight is 631 g/mol. The van der Waals surface area contributed by atoms with Crippen LogP contribution in [0.25, 0.3) is 0 Å². The number of aliphatic hydroxyl groups excluding tert-OH is 1. The molecule has 0 spiro atoms. The number of nitrogens with one attached hydrogen (secondary N) is 1. The molecule has 0 unspecified atom stereocenters. The van der Waals surface area contributed by atoms with Gasteiger partial charge in [-0.25, -0.2) is 8.42 Å². The fourth-order valence-corrected chi connectivity index (χ4v) is 8.04. The highest BCUT2D eigenvalue weighted by Crippen LogP contribution is 2.39. The van der Waals surface area contributed by atoms with Gasteiger partial charge in [0, 0.05) is 43.9 Å². The van der Waals surface area contributed by atoms with E-state index in [0.717, 1.165) is 37.8 Å². The third-order valence-electron chi connectivity index (χ3n) is 8.64. The lowest BCUT2D eigenvalue weighted by molar-refractivity contribution is -0.384. The molecule has 1 saturated carbocycles. The molecule has 13 heteroatoms. The average Bonchev–Trinajstić information content (AvgIpc) is 3.43. The molecule has 1 amide bonds. The van der Waals surface area contributed by atoms with Crippen LogP contribution in [-0.2, 0) is 21.4 Å². The Bertz CT molecular complexity index is 1460. The molecule has 12 nitrogen and oxygen atoms in total. The monoisotopic (exact) mass is 630 g/mol. The fraction of sp³-hybridized carbons (Fsp3) is 0.581. The van der Waals surface area contributed by atoms with Gasteiger partial charge in [0.05, 0.1) is 22.0 Å². The van der Waals surface area contributed by atoms with Gasteiger partial charge in [-0.2, -0.15) is 4.31 Å². The summed E-state index contributed by atoms with van der Waals surface area (Å²) < 4.78 is 39.8. The number of benzene rings is 2. The van der Waals surface area contributed by atoms with Crippen molar-refractivity contribution in [1.82, 2.24) is 14.5 Å². The van der Waals surface area contributed by atoms with Gasteiger partial charge in [0.15, 0.2) is 11.5 Å². The number of hydrogen-bond acceptors (Lipinski definition) is 9. The molecular weight excluding hydrogens is 588 g/mol. The lowest BCUT2D eigenvalue weighted by Crippen LogP contribution is -2.59. The first-order valence-corrected chi connectivity index (χ1v) is 16.6. The molecule has 4 atom stereocenters. The van der Waals surface area contributed by atoms with Gasteiger partial charge >= 0.3 is 0 Å². The third kappa shape index (κ3) is 7.51. The summed E-state index contributed by atoms with van der Waals surface area (Å²) >= 11 is 0. The highest BCUT2D eigenvalue weighted by Gasteiger charge is 2.41. The lowest BCUT2D eigenvalue weighted by Gasteiger charge is -2.46. The van der Waals surface area contributed by atoms with E-state index >= 15 is 0 Å². The number of nitrogens with zero attached hydrogens (tertiary/aromatic N) is 3. The highest BCUT2D eigenvalue weighted by molar-refractivity contribution is 7.89. The number of sulfonamides is 1. The molecule has 1 aliphatic carbocycles. The molecule has 2 aromatic carbocycles. The van der Waals surface area contributed by atoms with E-state index in [0.29, 0.717) is 41.9 Å². The number of fused-ring (bicyclic) bond motifs is 2. The minimum absolute atomic E-state index is 0.0734. The Morgan fingerprint density at radius 2 is 1.80 bits per heavy atom. The summed E-state index contributed by atoms with van der Waals surface area (Å²) in [6, 6.07) is 9.42. The second-order valence-corrected chi connectivity index (χ2v) is 15.1. The predicted octanol–water partition coefficient (Wildman–Crippen LogP) is 3.67. The van der Waals surface area contributed by atoms with E-state index in [1.54, 1.807) is 18.2 Å². The summed E-state index contributed by atoms with van der Waals surface area (Å²) in [5, 5.41) is 25.7. The number of nitro groups is 1. The molecule has 5 rings (SSSR count). The Morgan fingerprint density at radius 1 is 1.11 bits per heavy atom. The van der Waals surface area contributed by atoms with E-state index in [2.05, 4.69) is 5.32 Å². The predicted molar refractivity (Wildman–Crippen MR) is 163 cm³/mol. The van der Waals surface area contributed by atoms with E-state index in [1.807, 2.05) is 25.7 Å². The van der Waals surface area contributed by atoms with Crippen molar-refractivity contribution in [3.05, 3.63) is 58.1 Å². The van der Waals surface area contributed by atoms with Gasteiger partial charge in [-0.1, -0.05) is 25.3 Å². The maximum Gasteiger partial charge on any atom is 0.269 e. The number of piperidine rings is 1. The van der Waals surface area contributed by atoms with Crippen molar-refractivity contribution in [2.75, 3.05) is 26.4 Å². The first-order valence-electron chi connectivity index (χ1n) is 15.2. The maximum atomic E-state index is 13.9. The number of likely N-dealkylation sites (tertiary alicyclic amines) is 1. The van der Waals surface area contributed by atoms with Crippen molar-refractivity contribution in [1.29, 1.82) is 0 Å².